The quantitative estimate of drug-likeness (QED) is 0.154. The van der Waals surface area contributed by atoms with Crippen LogP contribution in [0.25, 0.3) is 0 Å². The SMILES string of the molecule is CCCCCCCCCCOCCOCCOCCNc1ccc([N+](=O)[O-])cc1[N+](=O)[O-]. The Labute approximate surface area is 189 Å². The minimum absolute atomic E-state index is 0.217. The number of non-ortho nitro benzene ring substituents is 1. The summed E-state index contributed by atoms with van der Waals surface area (Å²) in [5.74, 6) is 0. The first-order valence-electron chi connectivity index (χ1n) is 11.5. The molecule has 0 spiro atoms. The van der Waals surface area contributed by atoms with Gasteiger partial charge in [0.1, 0.15) is 5.69 Å². The molecule has 0 saturated heterocycles. The molecule has 0 unspecified atom stereocenters. The van der Waals surface area contributed by atoms with Gasteiger partial charge in [-0.05, 0) is 12.5 Å². The van der Waals surface area contributed by atoms with Crippen molar-refractivity contribution in [2.75, 3.05) is 51.5 Å². The number of nitrogens with zero attached hydrogens (tertiary/aromatic N) is 2. The third kappa shape index (κ3) is 13.2. The molecule has 10 nitrogen and oxygen atoms in total. The molecular formula is C22H37N3O7. The van der Waals surface area contributed by atoms with Crippen LogP contribution in [-0.4, -0.2) is 56.0 Å². The molecule has 182 valence electrons. The summed E-state index contributed by atoms with van der Waals surface area (Å²) >= 11 is 0. The number of nitro benzene ring substituents is 2. The lowest BCUT2D eigenvalue weighted by atomic mass is 10.1. The Hall–Kier alpha value is -2.30. The summed E-state index contributed by atoms with van der Waals surface area (Å²) < 4.78 is 16.4. The van der Waals surface area contributed by atoms with Crippen LogP contribution in [-0.2, 0) is 14.2 Å². The molecule has 0 aliphatic carbocycles. The van der Waals surface area contributed by atoms with Gasteiger partial charge in [0.15, 0.2) is 0 Å². The smallest absolute Gasteiger partial charge is 0.299 e. The van der Waals surface area contributed by atoms with Crippen molar-refractivity contribution in [3.63, 3.8) is 0 Å². The molecule has 0 heterocycles. The topological polar surface area (TPSA) is 126 Å². The van der Waals surface area contributed by atoms with E-state index in [0.29, 0.717) is 39.6 Å². The van der Waals surface area contributed by atoms with Gasteiger partial charge in [-0.25, -0.2) is 0 Å². The van der Waals surface area contributed by atoms with Gasteiger partial charge in [0.25, 0.3) is 11.4 Å². The van der Waals surface area contributed by atoms with Crippen molar-refractivity contribution in [1.29, 1.82) is 0 Å². The van der Waals surface area contributed by atoms with E-state index in [0.717, 1.165) is 19.1 Å². The molecule has 1 aromatic carbocycles. The van der Waals surface area contributed by atoms with Crippen molar-refractivity contribution < 1.29 is 24.1 Å². The van der Waals surface area contributed by atoms with Gasteiger partial charge in [-0.3, -0.25) is 20.2 Å². The molecule has 0 atom stereocenters. The number of benzene rings is 1. The van der Waals surface area contributed by atoms with Crippen molar-refractivity contribution in [1.82, 2.24) is 0 Å². The van der Waals surface area contributed by atoms with Crippen molar-refractivity contribution in [3.05, 3.63) is 38.4 Å². The first-order valence-corrected chi connectivity index (χ1v) is 11.5. The highest BCUT2D eigenvalue weighted by molar-refractivity contribution is 5.65. The maximum Gasteiger partial charge on any atom is 0.299 e. The number of hydrogen-bond acceptors (Lipinski definition) is 8. The average Bonchev–Trinajstić information content (AvgIpc) is 2.78. The summed E-state index contributed by atoms with van der Waals surface area (Å²) in [5, 5.41) is 24.7. The maximum absolute atomic E-state index is 11.1. The Bertz CT molecular complexity index is 658. The van der Waals surface area contributed by atoms with Gasteiger partial charge in [-0.1, -0.05) is 51.9 Å². The fourth-order valence-corrected chi connectivity index (χ4v) is 3.07. The summed E-state index contributed by atoms with van der Waals surface area (Å²) in [6, 6.07) is 3.49. The Morgan fingerprint density at radius 1 is 0.750 bits per heavy atom. The zero-order chi connectivity index (χ0) is 23.4. The second-order valence-corrected chi connectivity index (χ2v) is 7.45. The van der Waals surface area contributed by atoms with Gasteiger partial charge < -0.3 is 19.5 Å². The summed E-state index contributed by atoms with van der Waals surface area (Å²) in [5.41, 5.74) is -0.443. The second-order valence-electron chi connectivity index (χ2n) is 7.45. The van der Waals surface area contributed by atoms with Gasteiger partial charge in [-0.15, -0.1) is 0 Å². The molecule has 1 N–H and O–H groups in total. The first-order chi connectivity index (χ1) is 15.6. The van der Waals surface area contributed by atoms with Crippen LogP contribution in [0.2, 0.25) is 0 Å². The molecule has 0 aliphatic heterocycles. The third-order valence-electron chi connectivity index (χ3n) is 4.84. The van der Waals surface area contributed by atoms with Crippen molar-refractivity contribution in [3.8, 4) is 0 Å². The van der Waals surface area contributed by atoms with Gasteiger partial charge in [0.05, 0.1) is 48.9 Å². The highest BCUT2D eigenvalue weighted by atomic mass is 16.6. The summed E-state index contributed by atoms with van der Waals surface area (Å²) in [6.07, 6.45) is 10.3. The number of anilines is 1. The molecular weight excluding hydrogens is 418 g/mol. The van der Waals surface area contributed by atoms with Crippen LogP contribution >= 0.6 is 0 Å². The summed E-state index contributed by atoms with van der Waals surface area (Å²) in [7, 11) is 0. The highest BCUT2D eigenvalue weighted by Gasteiger charge is 2.18. The van der Waals surface area contributed by atoms with E-state index in [9.17, 15) is 20.2 Å². The van der Waals surface area contributed by atoms with Crippen LogP contribution in [0.3, 0.4) is 0 Å². The van der Waals surface area contributed by atoms with Gasteiger partial charge in [-0.2, -0.15) is 0 Å². The molecule has 0 amide bonds. The molecule has 0 aliphatic rings. The monoisotopic (exact) mass is 455 g/mol. The molecule has 1 rings (SSSR count). The Morgan fingerprint density at radius 3 is 1.91 bits per heavy atom. The number of nitro groups is 2. The Morgan fingerprint density at radius 2 is 1.31 bits per heavy atom. The molecule has 0 bridgehead atoms. The lowest BCUT2D eigenvalue weighted by Gasteiger charge is -2.09. The third-order valence-corrected chi connectivity index (χ3v) is 4.84. The van der Waals surface area contributed by atoms with E-state index in [1.165, 1.54) is 57.1 Å². The highest BCUT2D eigenvalue weighted by Crippen LogP contribution is 2.28. The second kappa shape index (κ2) is 18.3. The van der Waals surface area contributed by atoms with Crippen molar-refractivity contribution in [2.24, 2.45) is 0 Å². The number of nitrogens with one attached hydrogen (secondary N) is 1. The summed E-state index contributed by atoms with van der Waals surface area (Å²) in [4.78, 5) is 20.5. The first kappa shape index (κ1) is 27.7. The van der Waals surface area contributed by atoms with Crippen LogP contribution in [0.5, 0.6) is 0 Å². The number of rotatable bonds is 21. The Kier molecular flexibility index (Phi) is 15.9. The standard InChI is InChI=1S/C22H37N3O7/c1-2-3-4-5-6-7-8-9-13-30-15-17-32-18-16-31-14-12-23-21-11-10-20(24(26)27)19-22(21)25(28)29/h10-11,19,23H,2-9,12-18H2,1H3. The van der Waals surface area contributed by atoms with E-state index in [1.807, 2.05) is 0 Å². The number of ether oxygens (including phenoxy) is 3. The van der Waals surface area contributed by atoms with E-state index in [4.69, 9.17) is 14.2 Å². The lowest BCUT2D eigenvalue weighted by molar-refractivity contribution is -0.393. The zero-order valence-electron chi connectivity index (χ0n) is 19.1. The molecule has 0 aromatic heterocycles. The van der Waals surface area contributed by atoms with Crippen LogP contribution < -0.4 is 5.32 Å². The van der Waals surface area contributed by atoms with E-state index in [-0.39, 0.29) is 17.1 Å². The van der Waals surface area contributed by atoms with E-state index in [2.05, 4.69) is 12.2 Å². The normalized spacial score (nSPS) is 10.9. The lowest BCUT2D eigenvalue weighted by Crippen LogP contribution is -2.14. The van der Waals surface area contributed by atoms with Crippen molar-refractivity contribution >= 4 is 17.1 Å². The van der Waals surface area contributed by atoms with E-state index >= 15 is 0 Å². The molecule has 32 heavy (non-hydrogen) atoms. The number of hydrogen-bond donors (Lipinski definition) is 1. The predicted molar refractivity (Wildman–Crippen MR) is 123 cm³/mol. The van der Waals surface area contributed by atoms with Crippen LogP contribution in [0.15, 0.2) is 18.2 Å². The van der Waals surface area contributed by atoms with Crippen LogP contribution in [0.1, 0.15) is 58.3 Å². The van der Waals surface area contributed by atoms with Gasteiger partial charge >= 0.3 is 0 Å². The fraction of sp³-hybridized carbons (Fsp3) is 0.727. The van der Waals surface area contributed by atoms with E-state index < -0.39 is 9.85 Å². The minimum Gasteiger partial charge on any atom is -0.379 e. The molecule has 0 radical (unpaired) electrons. The molecule has 1 aromatic rings. The summed E-state index contributed by atoms with van der Waals surface area (Å²) in [6.45, 7) is 5.61. The molecule has 10 heteroatoms. The zero-order valence-corrected chi connectivity index (χ0v) is 19.1. The van der Waals surface area contributed by atoms with E-state index in [1.54, 1.807) is 0 Å². The fourth-order valence-electron chi connectivity index (χ4n) is 3.07. The average molecular weight is 456 g/mol. The van der Waals surface area contributed by atoms with Gasteiger partial charge in [0, 0.05) is 19.2 Å². The Balaban J connectivity index is 1.94. The van der Waals surface area contributed by atoms with Crippen LogP contribution in [0.4, 0.5) is 17.1 Å². The largest absolute Gasteiger partial charge is 0.379 e. The maximum atomic E-state index is 11.1. The van der Waals surface area contributed by atoms with Gasteiger partial charge in [0.2, 0.25) is 0 Å². The molecule has 0 saturated carbocycles. The number of unbranched alkanes of at least 4 members (excludes halogenated alkanes) is 7. The van der Waals surface area contributed by atoms with Crippen molar-refractivity contribution in [2.45, 2.75) is 58.3 Å². The van der Waals surface area contributed by atoms with Crippen LogP contribution in [0, 0.1) is 20.2 Å². The minimum atomic E-state index is -0.665. The molecule has 0 fully saturated rings. The predicted octanol–water partition coefficient (Wildman–Crippen LogP) is 5.11.